The Morgan fingerprint density at radius 1 is 1.25 bits per heavy atom. The second-order valence-electron chi connectivity index (χ2n) is 4.48. The molecule has 0 saturated carbocycles. The fraction of sp³-hybridized carbons (Fsp3) is 0.667. The molecular formula is C12H18. The van der Waals surface area contributed by atoms with Gasteiger partial charge in [-0.1, -0.05) is 17.9 Å². The van der Waals surface area contributed by atoms with Crippen LogP contribution >= 0.6 is 0 Å². The highest BCUT2D eigenvalue weighted by Crippen LogP contribution is 2.17. The quantitative estimate of drug-likeness (QED) is 0.478. The molecule has 0 nitrogen and oxygen atoms in total. The van der Waals surface area contributed by atoms with Crippen molar-refractivity contribution in [2.45, 2.75) is 46.5 Å². The van der Waals surface area contributed by atoms with Gasteiger partial charge in [0.05, 0.1) is 0 Å². The summed E-state index contributed by atoms with van der Waals surface area (Å²) in [5, 5.41) is 0. The minimum absolute atomic E-state index is 0.151. The van der Waals surface area contributed by atoms with Gasteiger partial charge in [0.1, 0.15) is 0 Å². The minimum Gasteiger partial charge on any atom is -0.0923 e. The van der Waals surface area contributed by atoms with E-state index in [4.69, 9.17) is 0 Å². The number of allylic oxidation sites excluding steroid dienone is 2. The zero-order valence-electron chi connectivity index (χ0n) is 8.41. The van der Waals surface area contributed by atoms with Crippen LogP contribution in [0.3, 0.4) is 0 Å². The van der Waals surface area contributed by atoms with Crippen LogP contribution in [0.4, 0.5) is 0 Å². The third-order valence-electron chi connectivity index (χ3n) is 1.89. The lowest BCUT2D eigenvalue weighted by Crippen LogP contribution is -2.00. The summed E-state index contributed by atoms with van der Waals surface area (Å²) in [5.41, 5.74) is 1.51. The van der Waals surface area contributed by atoms with Gasteiger partial charge >= 0.3 is 0 Å². The first-order valence-electron chi connectivity index (χ1n) is 4.80. The Labute approximate surface area is 76.1 Å². The van der Waals surface area contributed by atoms with Crippen molar-refractivity contribution in [3.63, 3.8) is 0 Å². The fourth-order valence-electron chi connectivity index (χ4n) is 1.22. The largest absolute Gasteiger partial charge is 0.0923 e. The Balaban J connectivity index is 2.58. The maximum atomic E-state index is 3.27. The molecule has 0 aromatic heterocycles. The zero-order chi connectivity index (χ0) is 9.03. The van der Waals surface area contributed by atoms with E-state index >= 15 is 0 Å². The van der Waals surface area contributed by atoms with Gasteiger partial charge < -0.3 is 0 Å². The fourth-order valence-corrected chi connectivity index (χ4v) is 1.22. The van der Waals surface area contributed by atoms with Gasteiger partial charge in [0.15, 0.2) is 0 Å². The normalized spacial score (nSPS) is 17.8. The Kier molecular flexibility index (Phi) is 2.98. The summed E-state index contributed by atoms with van der Waals surface area (Å²) in [6, 6.07) is 0. The average molecular weight is 162 g/mol. The smallest absolute Gasteiger partial charge is 0.0233 e. The molecule has 0 fully saturated rings. The van der Waals surface area contributed by atoms with Gasteiger partial charge in [-0.15, -0.1) is 0 Å². The van der Waals surface area contributed by atoms with Crippen molar-refractivity contribution < 1.29 is 0 Å². The summed E-state index contributed by atoms with van der Waals surface area (Å²) >= 11 is 0. The predicted molar refractivity (Wildman–Crippen MR) is 53.8 cm³/mol. The van der Waals surface area contributed by atoms with Crippen molar-refractivity contribution in [2.24, 2.45) is 5.41 Å². The van der Waals surface area contributed by atoms with Crippen molar-refractivity contribution >= 4 is 0 Å². The summed E-state index contributed by atoms with van der Waals surface area (Å²) in [4.78, 5) is 0. The first-order chi connectivity index (χ1) is 5.58. The van der Waals surface area contributed by atoms with Gasteiger partial charge in [-0.25, -0.2) is 0 Å². The molecule has 1 aliphatic carbocycles. The van der Waals surface area contributed by atoms with Crippen molar-refractivity contribution in [1.82, 2.24) is 0 Å². The Hall–Kier alpha value is -0.700. The zero-order valence-corrected chi connectivity index (χ0v) is 8.41. The van der Waals surface area contributed by atoms with Crippen LogP contribution in [0.2, 0.25) is 0 Å². The monoisotopic (exact) mass is 162 g/mol. The maximum Gasteiger partial charge on any atom is 0.0233 e. The summed E-state index contributed by atoms with van der Waals surface area (Å²) in [6.45, 7) is 6.47. The standard InChI is InChI=1S/C12H18/c1-12(2,3)10-9-11-7-5-4-6-8-11/h7H,4-6,8H2,1-3H3. The second kappa shape index (κ2) is 3.81. The average Bonchev–Trinajstić information content (AvgIpc) is 2.02. The van der Waals surface area contributed by atoms with Gasteiger partial charge in [-0.3, -0.25) is 0 Å². The molecular weight excluding hydrogens is 144 g/mol. The third-order valence-corrected chi connectivity index (χ3v) is 1.89. The Morgan fingerprint density at radius 2 is 2.00 bits per heavy atom. The molecule has 0 atom stereocenters. The van der Waals surface area contributed by atoms with Crippen molar-refractivity contribution in [2.75, 3.05) is 0 Å². The summed E-state index contributed by atoms with van der Waals surface area (Å²) in [7, 11) is 0. The Bertz CT molecular complexity index is 227. The lowest BCUT2D eigenvalue weighted by atomic mass is 9.95. The molecule has 1 aliphatic rings. The van der Waals surface area contributed by atoms with E-state index in [1.165, 1.54) is 31.3 Å². The summed E-state index contributed by atoms with van der Waals surface area (Å²) < 4.78 is 0. The van der Waals surface area contributed by atoms with Crippen LogP contribution in [0, 0.1) is 17.3 Å². The molecule has 0 radical (unpaired) electrons. The molecule has 0 heteroatoms. The molecule has 0 N–H and O–H groups in total. The lowest BCUT2D eigenvalue weighted by Gasteiger charge is -2.09. The van der Waals surface area contributed by atoms with Crippen LogP contribution in [0.5, 0.6) is 0 Å². The maximum absolute atomic E-state index is 3.27. The van der Waals surface area contributed by atoms with Gasteiger partial charge in [0.25, 0.3) is 0 Å². The molecule has 0 heterocycles. The van der Waals surface area contributed by atoms with Crippen LogP contribution in [0.25, 0.3) is 0 Å². The Morgan fingerprint density at radius 3 is 2.50 bits per heavy atom. The van der Waals surface area contributed by atoms with E-state index < -0.39 is 0 Å². The van der Waals surface area contributed by atoms with E-state index in [9.17, 15) is 0 Å². The summed E-state index contributed by atoms with van der Waals surface area (Å²) in [6.07, 6.45) is 7.39. The van der Waals surface area contributed by atoms with Gasteiger partial charge in [0, 0.05) is 5.41 Å². The molecule has 0 saturated heterocycles. The van der Waals surface area contributed by atoms with Crippen LogP contribution in [-0.4, -0.2) is 0 Å². The van der Waals surface area contributed by atoms with Crippen molar-refractivity contribution in [3.05, 3.63) is 11.6 Å². The van der Waals surface area contributed by atoms with Crippen molar-refractivity contribution in [3.8, 4) is 11.8 Å². The van der Waals surface area contributed by atoms with Crippen LogP contribution < -0.4 is 0 Å². The molecule has 66 valence electrons. The van der Waals surface area contributed by atoms with E-state index in [1.807, 2.05) is 0 Å². The van der Waals surface area contributed by atoms with E-state index in [1.54, 1.807) is 0 Å². The number of hydrogen-bond acceptors (Lipinski definition) is 0. The minimum atomic E-state index is 0.151. The van der Waals surface area contributed by atoms with E-state index in [0.29, 0.717) is 0 Å². The predicted octanol–water partition coefficient (Wildman–Crippen LogP) is 3.54. The highest BCUT2D eigenvalue weighted by atomic mass is 14.1. The molecule has 0 aliphatic heterocycles. The molecule has 0 aromatic rings. The van der Waals surface area contributed by atoms with Crippen LogP contribution in [0.15, 0.2) is 11.6 Å². The molecule has 0 aromatic carbocycles. The first-order valence-corrected chi connectivity index (χ1v) is 4.80. The van der Waals surface area contributed by atoms with Crippen LogP contribution in [0.1, 0.15) is 46.5 Å². The highest BCUT2D eigenvalue weighted by molar-refractivity contribution is 5.31. The second-order valence-corrected chi connectivity index (χ2v) is 4.48. The number of rotatable bonds is 0. The van der Waals surface area contributed by atoms with E-state index in [-0.39, 0.29) is 5.41 Å². The molecule has 0 amide bonds. The van der Waals surface area contributed by atoms with E-state index in [0.717, 1.165) is 0 Å². The lowest BCUT2D eigenvalue weighted by molar-refractivity contribution is 0.570. The van der Waals surface area contributed by atoms with E-state index in [2.05, 4.69) is 38.7 Å². The topological polar surface area (TPSA) is 0 Å². The SMILES string of the molecule is CC(C)(C)C#CC1=CCCCC1. The summed E-state index contributed by atoms with van der Waals surface area (Å²) in [5.74, 6) is 6.55. The van der Waals surface area contributed by atoms with Crippen molar-refractivity contribution in [1.29, 1.82) is 0 Å². The van der Waals surface area contributed by atoms with Gasteiger partial charge in [0.2, 0.25) is 0 Å². The number of hydrogen-bond donors (Lipinski definition) is 0. The molecule has 0 bridgehead atoms. The molecule has 0 unspecified atom stereocenters. The molecule has 12 heavy (non-hydrogen) atoms. The first kappa shape index (κ1) is 9.39. The molecule has 0 spiro atoms. The highest BCUT2D eigenvalue weighted by Gasteiger charge is 2.05. The van der Waals surface area contributed by atoms with Gasteiger partial charge in [-0.2, -0.15) is 0 Å². The van der Waals surface area contributed by atoms with Crippen LogP contribution in [-0.2, 0) is 0 Å². The molecule has 1 rings (SSSR count). The van der Waals surface area contributed by atoms with Gasteiger partial charge in [-0.05, 0) is 52.0 Å². The third kappa shape index (κ3) is 3.62.